The maximum Gasteiger partial charge on any atom is 0.411 e. The number of halogens is 1. The monoisotopic (exact) mass is 362 g/mol. The molecule has 0 radical (unpaired) electrons. The molecule has 0 aliphatic heterocycles. The molecule has 2 aromatic rings. The standard InChI is InChI=1S/C18H22N4O2.ClH/c1-2-24-18(23)21-15-8-9-16(22-17(15)19)20-11-12-6-7-13-4-3-5-14(13)10-12;/h6-10H,2-5,11H2,1H3,(H,21,23)(H3,19,20,22);1H. The number of hydrogen-bond acceptors (Lipinski definition) is 4. The summed E-state index contributed by atoms with van der Waals surface area (Å²) in [4.78, 5) is 14.5. The van der Waals surface area contributed by atoms with E-state index in [0.29, 0.717) is 24.7 Å². The third-order valence-corrected chi connectivity index (χ3v) is 4.13. The lowest BCUT2D eigenvalue weighted by atomic mass is 10.1. The highest BCUT2D eigenvalue weighted by Crippen LogP contribution is 2.23. The van der Waals surface area contributed by atoms with Gasteiger partial charge in [0.2, 0.25) is 11.6 Å². The van der Waals surface area contributed by atoms with Crippen molar-refractivity contribution in [2.24, 2.45) is 0 Å². The highest BCUT2D eigenvalue weighted by molar-refractivity contribution is 5.87. The Hall–Kier alpha value is -2.47. The van der Waals surface area contributed by atoms with Crippen molar-refractivity contribution in [3.8, 4) is 0 Å². The highest BCUT2D eigenvalue weighted by atomic mass is 35.5. The molecule has 0 bridgehead atoms. The van der Waals surface area contributed by atoms with Crippen LogP contribution in [0.4, 0.5) is 22.1 Å². The number of ether oxygens (including phenoxy) is 1. The minimum atomic E-state index is -0.517. The quantitative estimate of drug-likeness (QED) is 0.684. The second-order valence-electron chi connectivity index (χ2n) is 5.85. The molecule has 1 aliphatic carbocycles. The van der Waals surface area contributed by atoms with E-state index in [9.17, 15) is 4.79 Å². The van der Waals surface area contributed by atoms with Crippen molar-refractivity contribution in [1.82, 2.24) is 0 Å². The molecule has 1 amide bonds. The zero-order valence-corrected chi connectivity index (χ0v) is 15.0. The number of carbonyl (C=O) groups excluding carboxylic acids is 1. The lowest BCUT2D eigenvalue weighted by Gasteiger charge is -2.08. The topological polar surface area (TPSA) is 90.5 Å². The SMILES string of the molecule is CCOC(=O)Nc1ccc(NCc2ccc3c(c2)CCC3)[nH+]c1N.[Cl-]. The fraction of sp³-hybridized carbons (Fsp3) is 0.333. The predicted molar refractivity (Wildman–Crippen MR) is 93.8 cm³/mol. The Labute approximate surface area is 153 Å². The van der Waals surface area contributed by atoms with Crippen molar-refractivity contribution in [2.75, 3.05) is 23.0 Å². The van der Waals surface area contributed by atoms with Crippen LogP contribution in [0.3, 0.4) is 0 Å². The van der Waals surface area contributed by atoms with Crippen LogP contribution >= 0.6 is 0 Å². The second-order valence-corrected chi connectivity index (χ2v) is 5.85. The van der Waals surface area contributed by atoms with Gasteiger partial charge in [-0.25, -0.2) is 9.78 Å². The van der Waals surface area contributed by atoms with Gasteiger partial charge in [0.25, 0.3) is 0 Å². The molecule has 1 aromatic carbocycles. The number of fused-ring (bicyclic) bond motifs is 1. The van der Waals surface area contributed by atoms with Gasteiger partial charge in [-0.15, -0.1) is 0 Å². The highest BCUT2D eigenvalue weighted by Gasteiger charge is 2.12. The van der Waals surface area contributed by atoms with Gasteiger partial charge >= 0.3 is 6.09 Å². The molecule has 1 heterocycles. The fourth-order valence-electron chi connectivity index (χ4n) is 2.93. The number of pyridine rings is 1. The van der Waals surface area contributed by atoms with Gasteiger partial charge in [0.05, 0.1) is 13.2 Å². The number of H-pyrrole nitrogens is 1. The van der Waals surface area contributed by atoms with Crippen LogP contribution in [0.25, 0.3) is 0 Å². The Kier molecular flexibility index (Phi) is 6.47. The predicted octanol–water partition coefficient (Wildman–Crippen LogP) is -0.244. The zero-order chi connectivity index (χ0) is 16.9. The smallest absolute Gasteiger partial charge is 0.411 e. The summed E-state index contributed by atoms with van der Waals surface area (Å²) >= 11 is 0. The number of nitrogens with two attached hydrogens (primary N) is 1. The molecule has 1 aromatic heterocycles. The van der Waals surface area contributed by atoms with E-state index in [1.54, 1.807) is 13.0 Å². The summed E-state index contributed by atoms with van der Waals surface area (Å²) in [6.45, 7) is 2.78. The number of carbonyl (C=O) groups is 1. The Morgan fingerprint density at radius 1 is 1.24 bits per heavy atom. The van der Waals surface area contributed by atoms with Crippen molar-refractivity contribution in [3.63, 3.8) is 0 Å². The zero-order valence-electron chi connectivity index (χ0n) is 14.2. The van der Waals surface area contributed by atoms with Crippen LogP contribution in [-0.4, -0.2) is 12.7 Å². The van der Waals surface area contributed by atoms with Gasteiger partial charge in [0, 0.05) is 6.07 Å². The molecule has 0 atom stereocenters. The van der Waals surface area contributed by atoms with E-state index >= 15 is 0 Å². The first-order valence-corrected chi connectivity index (χ1v) is 8.26. The van der Waals surface area contributed by atoms with Gasteiger partial charge in [0.1, 0.15) is 5.69 Å². The van der Waals surface area contributed by atoms with Gasteiger partial charge in [0.15, 0.2) is 0 Å². The van der Waals surface area contributed by atoms with Gasteiger partial charge in [-0.2, -0.15) is 0 Å². The molecule has 0 fully saturated rings. The Morgan fingerprint density at radius 3 is 2.80 bits per heavy atom. The summed E-state index contributed by atoms with van der Waals surface area (Å²) in [6.07, 6.45) is 3.11. The minimum absolute atomic E-state index is 0. The summed E-state index contributed by atoms with van der Waals surface area (Å²) in [5, 5.41) is 5.91. The summed E-state index contributed by atoms with van der Waals surface area (Å²) < 4.78 is 4.84. The van der Waals surface area contributed by atoms with Crippen LogP contribution in [0.2, 0.25) is 0 Å². The van der Waals surface area contributed by atoms with Crippen LogP contribution in [-0.2, 0) is 24.1 Å². The maximum absolute atomic E-state index is 11.4. The number of aromatic amines is 1. The average Bonchev–Trinajstić information content (AvgIpc) is 3.03. The number of aryl methyl sites for hydroxylation is 2. The number of anilines is 3. The van der Waals surface area contributed by atoms with E-state index in [4.69, 9.17) is 10.5 Å². The van der Waals surface area contributed by atoms with E-state index in [-0.39, 0.29) is 12.4 Å². The van der Waals surface area contributed by atoms with Crippen LogP contribution < -0.4 is 33.8 Å². The number of nitrogen functional groups attached to an aromatic ring is 1. The van der Waals surface area contributed by atoms with E-state index in [0.717, 1.165) is 5.82 Å². The first kappa shape index (κ1) is 18.9. The number of amides is 1. The molecule has 1 aliphatic rings. The maximum atomic E-state index is 11.4. The van der Waals surface area contributed by atoms with Crippen molar-refractivity contribution >= 4 is 23.4 Å². The summed E-state index contributed by atoms with van der Waals surface area (Å²) in [5.41, 5.74) is 10.6. The number of rotatable bonds is 5. The van der Waals surface area contributed by atoms with Crippen LogP contribution in [0.5, 0.6) is 0 Å². The molecular formula is C18H23ClN4O2. The number of nitrogens with one attached hydrogen (secondary N) is 3. The van der Waals surface area contributed by atoms with Crippen LogP contribution in [0.1, 0.15) is 30.0 Å². The molecule has 134 valence electrons. The summed E-state index contributed by atoms with van der Waals surface area (Å²) in [7, 11) is 0. The Morgan fingerprint density at radius 2 is 2.04 bits per heavy atom. The number of benzene rings is 1. The van der Waals surface area contributed by atoms with E-state index in [2.05, 4.69) is 33.8 Å². The summed E-state index contributed by atoms with van der Waals surface area (Å²) in [6, 6.07) is 10.2. The van der Waals surface area contributed by atoms with Gasteiger partial charge in [-0.05, 0) is 48.9 Å². The molecule has 3 rings (SSSR count). The average molecular weight is 363 g/mol. The minimum Gasteiger partial charge on any atom is -1.00 e. The van der Waals surface area contributed by atoms with Gasteiger partial charge in [-0.1, -0.05) is 18.2 Å². The third-order valence-electron chi connectivity index (χ3n) is 4.13. The number of aromatic nitrogens is 1. The van der Waals surface area contributed by atoms with Crippen molar-refractivity contribution in [2.45, 2.75) is 32.7 Å². The Bertz CT molecular complexity index is 752. The molecule has 6 nitrogen and oxygen atoms in total. The second kappa shape index (κ2) is 8.58. The normalized spacial score (nSPS) is 12.0. The van der Waals surface area contributed by atoms with E-state index in [1.165, 1.54) is 36.0 Å². The van der Waals surface area contributed by atoms with E-state index in [1.807, 2.05) is 6.07 Å². The van der Waals surface area contributed by atoms with Crippen molar-refractivity contribution in [1.29, 1.82) is 0 Å². The molecule has 7 heteroatoms. The lowest BCUT2D eigenvalue weighted by Crippen LogP contribution is -3.00. The first-order valence-electron chi connectivity index (χ1n) is 8.26. The van der Waals surface area contributed by atoms with Crippen LogP contribution in [0, 0.1) is 0 Å². The molecule has 0 saturated carbocycles. The van der Waals surface area contributed by atoms with Crippen LogP contribution in [0.15, 0.2) is 30.3 Å². The molecular weight excluding hydrogens is 340 g/mol. The fourth-order valence-corrected chi connectivity index (χ4v) is 2.93. The summed E-state index contributed by atoms with van der Waals surface area (Å²) in [5.74, 6) is 1.17. The van der Waals surface area contributed by atoms with Crippen molar-refractivity contribution in [3.05, 3.63) is 47.0 Å². The largest absolute Gasteiger partial charge is 1.00 e. The molecule has 0 saturated heterocycles. The number of hydrogen-bond donors (Lipinski definition) is 3. The molecule has 0 unspecified atom stereocenters. The Balaban J connectivity index is 0.00000225. The molecule has 0 spiro atoms. The third kappa shape index (κ3) is 4.76. The van der Waals surface area contributed by atoms with E-state index < -0.39 is 6.09 Å². The lowest BCUT2D eigenvalue weighted by molar-refractivity contribution is -0.342. The molecule has 5 N–H and O–H groups in total. The molecule has 25 heavy (non-hydrogen) atoms. The first-order chi connectivity index (χ1) is 11.7. The van der Waals surface area contributed by atoms with Crippen molar-refractivity contribution < 1.29 is 26.9 Å². The van der Waals surface area contributed by atoms with Gasteiger partial charge in [-0.3, -0.25) is 5.32 Å². The van der Waals surface area contributed by atoms with Gasteiger partial charge < -0.3 is 28.2 Å².